The lowest BCUT2D eigenvalue weighted by molar-refractivity contribution is 0.0785. The van der Waals surface area contributed by atoms with E-state index in [1.807, 2.05) is 18.2 Å². The number of nitrogens with one attached hydrogen (secondary N) is 1. The molecular formula is C24H23FN2O4S. The lowest BCUT2D eigenvalue weighted by Crippen LogP contribution is -2.26. The molecule has 0 aliphatic carbocycles. The highest BCUT2D eigenvalue weighted by molar-refractivity contribution is 7.95. The van der Waals surface area contributed by atoms with E-state index in [2.05, 4.69) is 4.72 Å². The molecule has 0 radical (unpaired) electrons. The highest BCUT2D eigenvalue weighted by Crippen LogP contribution is 2.19. The van der Waals surface area contributed by atoms with Crippen LogP contribution in [0, 0.1) is 5.82 Å². The van der Waals surface area contributed by atoms with Crippen molar-refractivity contribution < 1.29 is 22.3 Å². The van der Waals surface area contributed by atoms with Crippen LogP contribution >= 0.6 is 0 Å². The third-order valence-electron chi connectivity index (χ3n) is 4.61. The van der Waals surface area contributed by atoms with E-state index in [9.17, 15) is 17.6 Å². The normalized spacial score (nSPS) is 11.3. The van der Waals surface area contributed by atoms with Crippen molar-refractivity contribution in [1.29, 1.82) is 0 Å². The first-order valence-electron chi connectivity index (χ1n) is 9.71. The van der Waals surface area contributed by atoms with Gasteiger partial charge in [-0.2, -0.15) is 0 Å². The topological polar surface area (TPSA) is 75.7 Å². The van der Waals surface area contributed by atoms with Gasteiger partial charge in [0.2, 0.25) is 0 Å². The lowest BCUT2D eigenvalue weighted by Gasteiger charge is -2.18. The Bertz CT molecular complexity index is 1210. The number of sulfonamides is 1. The maximum absolute atomic E-state index is 13.9. The number of carbonyl (C=O) groups is 1. The molecule has 166 valence electrons. The number of methoxy groups -OCH3 is 1. The van der Waals surface area contributed by atoms with Crippen molar-refractivity contribution in [3.63, 3.8) is 0 Å². The number of hydrogen-bond acceptors (Lipinski definition) is 4. The van der Waals surface area contributed by atoms with E-state index in [1.165, 1.54) is 54.5 Å². The molecule has 0 aromatic heterocycles. The molecule has 0 saturated carbocycles. The molecule has 0 aliphatic heterocycles. The van der Waals surface area contributed by atoms with Gasteiger partial charge in [0.05, 0.1) is 12.5 Å². The van der Waals surface area contributed by atoms with Gasteiger partial charge in [-0.05, 0) is 53.6 Å². The van der Waals surface area contributed by atoms with Crippen molar-refractivity contribution in [2.24, 2.45) is 0 Å². The van der Waals surface area contributed by atoms with E-state index < -0.39 is 15.8 Å². The van der Waals surface area contributed by atoms with Crippen LogP contribution in [0.4, 0.5) is 10.1 Å². The molecule has 0 heterocycles. The molecule has 1 N–H and O–H groups in total. The average molecular weight is 455 g/mol. The van der Waals surface area contributed by atoms with Gasteiger partial charge in [0.1, 0.15) is 0 Å². The van der Waals surface area contributed by atoms with Gasteiger partial charge in [-0.1, -0.05) is 36.4 Å². The summed E-state index contributed by atoms with van der Waals surface area (Å²) in [6, 6.07) is 19.7. The zero-order valence-corrected chi connectivity index (χ0v) is 18.5. The van der Waals surface area contributed by atoms with Gasteiger partial charge >= 0.3 is 0 Å². The minimum Gasteiger partial charge on any atom is -0.494 e. The summed E-state index contributed by atoms with van der Waals surface area (Å²) < 4.78 is 45.7. The summed E-state index contributed by atoms with van der Waals surface area (Å²) >= 11 is 0. The predicted molar refractivity (Wildman–Crippen MR) is 123 cm³/mol. The molecule has 32 heavy (non-hydrogen) atoms. The predicted octanol–water partition coefficient (Wildman–Crippen LogP) is 4.52. The minimum absolute atomic E-state index is 0.138. The molecule has 8 heteroatoms. The molecule has 1 amide bonds. The standard InChI is InChI=1S/C24H23FN2O4S/c1-27(17-19-8-13-23(31-2)22(25)16-19)24(28)20-9-11-21(12-10-20)26-32(29,30)15-14-18-6-4-3-5-7-18/h3-16,26H,17H2,1-2H3/b15-14+. The first-order valence-corrected chi connectivity index (χ1v) is 11.3. The fraction of sp³-hybridized carbons (Fsp3) is 0.125. The second kappa shape index (κ2) is 10.1. The van der Waals surface area contributed by atoms with E-state index in [1.54, 1.807) is 25.2 Å². The Kier molecular flexibility index (Phi) is 7.27. The highest BCUT2D eigenvalue weighted by Gasteiger charge is 2.14. The fourth-order valence-electron chi connectivity index (χ4n) is 2.99. The van der Waals surface area contributed by atoms with Crippen LogP contribution in [0.15, 0.2) is 78.2 Å². The number of benzene rings is 3. The molecule has 3 rings (SSSR count). The van der Waals surface area contributed by atoms with Crippen molar-refractivity contribution in [2.75, 3.05) is 18.9 Å². The largest absolute Gasteiger partial charge is 0.494 e. The molecule has 6 nitrogen and oxygen atoms in total. The number of halogens is 1. The highest BCUT2D eigenvalue weighted by atomic mass is 32.2. The second-order valence-corrected chi connectivity index (χ2v) is 8.63. The van der Waals surface area contributed by atoms with Crippen LogP contribution in [0.2, 0.25) is 0 Å². The quantitative estimate of drug-likeness (QED) is 0.543. The Hall–Kier alpha value is -3.65. The Labute approximate surface area is 187 Å². The number of anilines is 1. The van der Waals surface area contributed by atoms with Crippen LogP contribution < -0.4 is 9.46 Å². The van der Waals surface area contributed by atoms with E-state index in [4.69, 9.17) is 4.74 Å². The molecular weight excluding hydrogens is 431 g/mol. The van der Waals surface area contributed by atoms with E-state index in [0.717, 1.165) is 11.0 Å². The molecule has 0 unspecified atom stereocenters. The first kappa shape index (κ1) is 23.0. The maximum Gasteiger partial charge on any atom is 0.255 e. The van der Waals surface area contributed by atoms with Gasteiger partial charge in [-0.15, -0.1) is 0 Å². The zero-order valence-electron chi connectivity index (χ0n) is 17.7. The van der Waals surface area contributed by atoms with E-state index >= 15 is 0 Å². The molecule has 3 aromatic carbocycles. The molecule has 0 atom stereocenters. The van der Waals surface area contributed by atoms with Crippen LogP contribution in [0.5, 0.6) is 5.75 Å². The van der Waals surface area contributed by atoms with Gasteiger partial charge in [-0.3, -0.25) is 9.52 Å². The Morgan fingerprint density at radius 2 is 1.75 bits per heavy atom. The van der Waals surface area contributed by atoms with Crippen LogP contribution in [0.3, 0.4) is 0 Å². The van der Waals surface area contributed by atoms with Crippen LogP contribution in [0.25, 0.3) is 6.08 Å². The third kappa shape index (κ3) is 6.18. The van der Waals surface area contributed by atoms with Crippen molar-refractivity contribution in [2.45, 2.75) is 6.54 Å². The summed E-state index contributed by atoms with van der Waals surface area (Å²) in [7, 11) is -0.712. The molecule has 0 saturated heterocycles. The summed E-state index contributed by atoms with van der Waals surface area (Å²) in [5, 5.41) is 1.09. The van der Waals surface area contributed by atoms with Crippen molar-refractivity contribution in [1.82, 2.24) is 4.90 Å². The van der Waals surface area contributed by atoms with Gasteiger partial charge in [0.15, 0.2) is 11.6 Å². The summed E-state index contributed by atoms with van der Waals surface area (Å²) in [6.45, 7) is 0.207. The monoisotopic (exact) mass is 454 g/mol. The number of hydrogen-bond donors (Lipinski definition) is 1. The van der Waals surface area contributed by atoms with Crippen LogP contribution in [-0.2, 0) is 16.6 Å². The molecule has 0 bridgehead atoms. The molecule has 0 fully saturated rings. The smallest absolute Gasteiger partial charge is 0.255 e. The molecule has 0 aliphatic rings. The van der Waals surface area contributed by atoms with E-state index in [-0.39, 0.29) is 18.2 Å². The number of nitrogens with zero attached hydrogens (tertiary/aromatic N) is 1. The van der Waals surface area contributed by atoms with Crippen LogP contribution in [-0.4, -0.2) is 33.4 Å². The third-order valence-corrected chi connectivity index (χ3v) is 5.63. The molecule has 3 aromatic rings. The summed E-state index contributed by atoms with van der Waals surface area (Å²) in [5.74, 6) is -0.636. The summed E-state index contributed by atoms with van der Waals surface area (Å²) in [6.07, 6.45) is 1.50. The summed E-state index contributed by atoms with van der Waals surface area (Å²) in [4.78, 5) is 14.1. The second-order valence-electron chi connectivity index (χ2n) is 7.07. The SMILES string of the molecule is COc1ccc(CN(C)C(=O)c2ccc(NS(=O)(=O)/C=C/c3ccccc3)cc2)cc1F. The Balaban J connectivity index is 1.63. The van der Waals surface area contributed by atoms with Crippen LogP contribution in [0.1, 0.15) is 21.5 Å². The zero-order chi connectivity index (χ0) is 23.1. The van der Waals surface area contributed by atoms with Gasteiger partial charge < -0.3 is 9.64 Å². The van der Waals surface area contributed by atoms with Gasteiger partial charge in [0.25, 0.3) is 15.9 Å². The van der Waals surface area contributed by atoms with Crippen molar-refractivity contribution in [3.8, 4) is 5.75 Å². The van der Waals surface area contributed by atoms with Gasteiger partial charge in [-0.25, -0.2) is 12.8 Å². The van der Waals surface area contributed by atoms with E-state index in [0.29, 0.717) is 16.8 Å². The number of ether oxygens (including phenoxy) is 1. The van der Waals surface area contributed by atoms with Crippen molar-refractivity contribution in [3.05, 3.63) is 101 Å². The number of amides is 1. The fourth-order valence-corrected chi connectivity index (χ4v) is 3.85. The maximum atomic E-state index is 13.9. The Morgan fingerprint density at radius 1 is 1.06 bits per heavy atom. The summed E-state index contributed by atoms with van der Waals surface area (Å²) in [5.41, 5.74) is 2.09. The Morgan fingerprint density at radius 3 is 2.38 bits per heavy atom. The lowest BCUT2D eigenvalue weighted by atomic mass is 10.1. The number of carbonyl (C=O) groups excluding carboxylic acids is 1. The van der Waals surface area contributed by atoms with Crippen molar-refractivity contribution >= 4 is 27.7 Å². The minimum atomic E-state index is -3.70. The molecule has 0 spiro atoms. The average Bonchev–Trinajstić information content (AvgIpc) is 2.78. The van der Waals surface area contributed by atoms with Gasteiger partial charge in [0, 0.05) is 24.8 Å². The first-order chi connectivity index (χ1) is 15.3. The number of rotatable bonds is 8.